The molecular formula is C21H34N6O3+2. The highest BCUT2D eigenvalue weighted by molar-refractivity contribution is 5.44. The Hall–Kier alpha value is -2.23. The standard InChI is InChI=1S/C21H32N6O3/c1-16(2)12-18(21-22-23-24-27(21)10-11-28-3)26-8-6-25(7-9-26)14-17-4-5-19-20(13-17)30-15-29-19/h4-5,13,16,18H,6-12,14-15H2,1-3H3/p+2/t18-/m0/s1. The van der Waals surface area contributed by atoms with E-state index in [2.05, 4.69) is 41.5 Å². The zero-order chi connectivity index (χ0) is 20.9. The van der Waals surface area contributed by atoms with E-state index < -0.39 is 0 Å². The van der Waals surface area contributed by atoms with Gasteiger partial charge in [-0.1, -0.05) is 13.8 Å². The molecular weight excluding hydrogens is 384 g/mol. The molecule has 9 nitrogen and oxygen atoms in total. The number of rotatable bonds is 9. The molecule has 30 heavy (non-hydrogen) atoms. The summed E-state index contributed by atoms with van der Waals surface area (Å²) in [5.74, 6) is 3.31. The van der Waals surface area contributed by atoms with Gasteiger partial charge in [-0.2, -0.15) is 0 Å². The summed E-state index contributed by atoms with van der Waals surface area (Å²) in [5.41, 5.74) is 1.31. The minimum absolute atomic E-state index is 0.323. The highest BCUT2D eigenvalue weighted by Gasteiger charge is 2.34. The van der Waals surface area contributed by atoms with Gasteiger partial charge < -0.3 is 24.0 Å². The number of nitrogens with one attached hydrogen (secondary N) is 2. The van der Waals surface area contributed by atoms with Crippen LogP contribution in [0, 0.1) is 5.92 Å². The Morgan fingerprint density at radius 3 is 2.70 bits per heavy atom. The molecule has 2 aliphatic heterocycles. The van der Waals surface area contributed by atoms with E-state index in [-0.39, 0.29) is 0 Å². The Kier molecular flexibility index (Phi) is 6.81. The van der Waals surface area contributed by atoms with Gasteiger partial charge >= 0.3 is 0 Å². The maximum atomic E-state index is 5.53. The minimum Gasteiger partial charge on any atom is -0.454 e. The molecule has 2 aliphatic rings. The first-order valence-electron chi connectivity index (χ1n) is 11.0. The predicted octanol–water partition coefficient (Wildman–Crippen LogP) is -0.881. The summed E-state index contributed by atoms with van der Waals surface area (Å²) in [4.78, 5) is 3.20. The van der Waals surface area contributed by atoms with E-state index in [4.69, 9.17) is 14.2 Å². The SMILES string of the molecule is COCCn1nnnc1[C@H](CC(C)C)[NH+]1CC[NH+](Cc2ccc3c(c2)OCO3)CC1. The van der Waals surface area contributed by atoms with Crippen molar-refractivity contribution in [3.8, 4) is 11.5 Å². The normalized spacial score (nSPS) is 21.9. The van der Waals surface area contributed by atoms with Crippen molar-refractivity contribution in [1.82, 2.24) is 20.2 Å². The smallest absolute Gasteiger partial charge is 0.231 e. The second-order valence-corrected chi connectivity index (χ2v) is 8.71. The van der Waals surface area contributed by atoms with Crippen LogP contribution >= 0.6 is 0 Å². The third kappa shape index (κ3) is 4.91. The second kappa shape index (κ2) is 9.72. The molecule has 9 heteroatoms. The summed E-state index contributed by atoms with van der Waals surface area (Å²) >= 11 is 0. The van der Waals surface area contributed by atoms with Crippen LogP contribution in [0.5, 0.6) is 11.5 Å². The number of benzene rings is 1. The van der Waals surface area contributed by atoms with Gasteiger partial charge in [0.25, 0.3) is 0 Å². The molecule has 1 aromatic carbocycles. The molecule has 0 bridgehead atoms. The number of tetrazole rings is 1. The van der Waals surface area contributed by atoms with Crippen LogP contribution < -0.4 is 19.3 Å². The summed E-state index contributed by atoms with van der Waals surface area (Å²) in [7, 11) is 1.71. The molecule has 2 aromatic rings. The summed E-state index contributed by atoms with van der Waals surface area (Å²) < 4.78 is 18.1. The number of hydrogen-bond donors (Lipinski definition) is 2. The van der Waals surface area contributed by atoms with Crippen LogP contribution in [0.3, 0.4) is 0 Å². The van der Waals surface area contributed by atoms with Crippen molar-refractivity contribution >= 4 is 0 Å². The molecule has 0 spiro atoms. The number of hydrogen-bond acceptors (Lipinski definition) is 6. The molecule has 0 saturated carbocycles. The van der Waals surface area contributed by atoms with Crippen LogP contribution in [-0.2, 0) is 17.8 Å². The Labute approximate surface area is 177 Å². The summed E-state index contributed by atoms with van der Waals surface area (Å²) in [5, 5.41) is 12.6. The molecule has 1 aromatic heterocycles. The van der Waals surface area contributed by atoms with Crippen LogP contribution in [0.4, 0.5) is 0 Å². The molecule has 2 N–H and O–H groups in total. The van der Waals surface area contributed by atoms with Crippen LogP contribution in [0.1, 0.15) is 37.7 Å². The van der Waals surface area contributed by atoms with Crippen LogP contribution in [0.2, 0.25) is 0 Å². The monoisotopic (exact) mass is 418 g/mol. The fourth-order valence-electron chi connectivity index (χ4n) is 4.51. The van der Waals surface area contributed by atoms with Crippen molar-refractivity contribution in [3.05, 3.63) is 29.6 Å². The first-order chi connectivity index (χ1) is 14.6. The first-order valence-corrected chi connectivity index (χ1v) is 11.0. The fraction of sp³-hybridized carbons (Fsp3) is 0.667. The Morgan fingerprint density at radius 1 is 1.13 bits per heavy atom. The average molecular weight is 419 g/mol. The lowest BCUT2D eigenvalue weighted by Crippen LogP contribution is -3.27. The van der Waals surface area contributed by atoms with E-state index in [1.807, 2.05) is 10.7 Å². The number of nitrogens with zero attached hydrogens (tertiary/aromatic N) is 4. The maximum Gasteiger partial charge on any atom is 0.231 e. The molecule has 1 atom stereocenters. The number of fused-ring (bicyclic) bond motifs is 1. The molecule has 164 valence electrons. The molecule has 0 unspecified atom stereocenters. The van der Waals surface area contributed by atoms with Crippen LogP contribution in [0.25, 0.3) is 0 Å². The third-order valence-electron chi connectivity index (χ3n) is 6.07. The number of quaternary nitrogens is 2. The van der Waals surface area contributed by atoms with Gasteiger partial charge in [0.15, 0.2) is 17.5 Å². The number of piperazine rings is 1. The predicted molar refractivity (Wildman–Crippen MR) is 110 cm³/mol. The van der Waals surface area contributed by atoms with Crippen molar-refractivity contribution in [3.63, 3.8) is 0 Å². The molecule has 1 saturated heterocycles. The average Bonchev–Trinajstić information content (AvgIpc) is 3.40. The van der Waals surface area contributed by atoms with Gasteiger partial charge in [-0.15, -0.1) is 5.10 Å². The quantitative estimate of drug-likeness (QED) is 0.551. The van der Waals surface area contributed by atoms with Crippen molar-refractivity contribution in [2.24, 2.45) is 5.92 Å². The van der Waals surface area contributed by atoms with E-state index in [0.29, 0.717) is 31.9 Å². The zero-order valence-corrected chi connectivity index (χ0v) is 18.3. The van der Waals surface area contributed by atoms with Crippen molar-refractivity contribution in [2.45, 2.75) is 39.4 Å². The maximum absolute atomic E-state index is 5.53. The van der Waals surface area contributed by atoms with E-state index in [9.17, 15) is 0 Å². The topological polar surface area (TPSA) is 80.2 Å². The molecule has 4 rings (SSSR count). The van der Waals surface area contributed by atoms with Crippen LogP contribution in [-0.4, -0.2) is 66.9 Å². The van der Waals surface area contributed by atoms with Gasteiger partial charge in [0, 0.05) is 19.1 Å². The Bertz CT molecular complexity index is 819. The van der Waals surface area contributed by atoms with E-state index in [1.165, 1.54) is 5.56 Å². The Morgan fingerprint density at radius 2 is 1.93 bits per heavy atom. The van der Waals surface area contributed by atoms with E-state index in [0.717, 1.165) is 56.5 Å². The highest BCUT2D eigenvalue weighted by atomic mass is 16.7. The molecule has 0 amide bonds. The lowest BCUT2D eigenvalue weighted by atomic mass is 10.0. The molecule has 0 radical (unpaired) electrons. The number of ether oxygens (including phenoxy) is 3. The van der Waals surface area contributed by atoms with Gasteiger partial charge in [-0.3, -0.25) is 0 Å². The second-order valence-electron chi connectivity index (χ2n) is 8.71. The van der Waals surface area contributed by atoms with Crippen molar-refractivity contribution in [2.75, 3.05) is 46.7 Å². The van der Waals surface area contributed by atoms with E-state index in [1.54, 1.807) is 16.9 Å². The number of aromatic nitrogens is 4. The van der Waals surface area contributed by atoms with Crippen molar-refractivity contribution in [1.29, 1.82) is 0 Å². The minimum atomic E-state index is 0.323. The van der Waals surface area contributed by atoms with Gasteiger partial charge in [-0.25, -0.2) is 4.68 Å². The Balaban J connectivity index is 1.38. The molecule has 3 heterocycles. The van der Waals surface area contributed by atoms with Gasteiger partial charge in [0.05, 0.1) is 13.2 Å². The van der Waals surface area contributed by atoms with Gasteiger partial charge in [0.1, 0.15) is 32.7 Å². The third-order valence-corrected chi connectivity index (χ3v) is 6.07. The largest absolute Gasteiger partial charge is 0.454 e. The van der Waals surface area contributed by atoms with Gasteiger partial charge in [-0.05, 0) is 34.5 Å². The fourth-order valence-corrected chi connectivity index (χ4v) is 4.51. The summed E-state index contributed by atoms with van der Waals surface area (Å²) in [6.07, 6.45) is 1.08. The molecule has 0 aliphatic carbocycles. The lowest BCUT2D eigenvalue weighted by molar-refractivity contribution is -1.03. The van der Waals surface area contributed by atoms with Crippen LogP contribution in [0.15, 0.2) is 18.2 Å². The van der Waals surface area contributed by atoms with Crippen molar-refractivity contribution < 1.29 is 24.0 Å². The molecule has 1 fully saturated rings. The summed E-state index contributed by atoms with van der Waals surface area (Å²) in [6, 6.07) is 6.63. The van der Waals surface area contributed by atoms with E-state index >= 15 is 0 Å². The number of methoxy groups -OCH3 is 1. The lowest BCUT2D eigenvalue weighted by Gasteiger charge is -2.34. The zero-order valence-electron chi connectivity index (χ0n) is 18.3. The van der Waals surface area contributed by atoms with Gasteiger partial charge in [0.2, 0.25) is 12.6 Å². The summed E-state index contributed by atoms with van der Waals surface area (Å²) in [6.45, 7) is 11.7. The highest BCUT2D eigenvalue weighted by Crippen LogP contribution is 2.32. The first kappa shape index (κ1) is 21.0.